The normalized spacial score (nSPS) is 16.9. The fourth-order valence-electron chi connectivity index (χ4n) is 3.96. The minimum atomic E-state index is -0.0421. The summed E-state index contributed by atoms with van der Waals surface area (Å²) in [6.07, 6.45) is 3.53. The number of nitrogens with one attached hydrogen (secondary N) is 1. The van der Waals surface area contributed by atoms with Crippen molar-refractivity contribution < 1.29 is 14.0 Å². The average Bonchev–Trinajstić information content (AvgIpc) is 3.29. The van der Waals surface area contributed by atoms with E-state index in [1.54, 1.807) is 13.2 Å². The molecule has 0 saturated carbocycles. The summed E-state index contributed by atoms with van der Waals surface area (Å²) in [4.78, 5) is 26.7. The molecule has 1 atom stereocenters. The number of nitrogens with zero attached hydrogens (tertiary/aromatic N) is 1. The molecule has 2 heterocycles. The summed E-state index contributed by atoms with van der Waals surface area (Å²) in [5, 5.41) is 3.05. The molecule has 0 bridgehead atoms. The first-order valence-electron chi connectivity index (χ1n) is 10.4. The molecule has 1 aliphatic rings. The first kappa shape index (κ1) is 20.1. The van der Waals surface area contributed by atoms with E-state index in [0.29, 0.717) is 0 Å². The van der Waals surface area contributed by atoms with Crippen molar-refractivity contribution in [3.8, 4) is 11.3 Å². The number of Topliss-reactive ketones (excluding diaryl/α,β-unsaturated/α-hetero) is 1. The molecule has 0 spiro atoms. The maximum Gasteiger partial charge on any atom is 0.228 e. The molecule has 0 aliphatic carbocycles. The molecule has 1 saturated heterocycles. The number of amides is 1. The Morgan fingerprint density at radius 2 is 1.93 bits per heavy atom. The number of ketones is 1. The van der Waals surface area contributed by atoms with E-state index in [0.717, 1.165) is 60.6 Å². The highest BCUT2D eigenvalue weighted by Crippen LogP contribution is 2.24. The first-order chi connectivity index (χ1) is 14.6. The third-order valence-corrected chi connectivity index (χ3v) is 5.57. The third kappa shape index (κ3) is 4.86. The molecule has 4 rings (SSSR count). The molecule has 5 heteroatoms. The van der Waals surface area contributed by atoms with Gasteiger partial charge in [-0.1, -0.05) is 18.2 Å². The molecular formula is C25H26N2O3. The molecule has 154 valence electrons. The van der Waals surface area contributed by atoms with E-state index in [2.05, 4.69) is 10.2 Å². The number of furan rings is 1. The Hall–Kier alpha value is -3.18. The standard InChI is InChI=1S/C25H26N2O3/c1-18(28)21-6-2-5-19(15-21)16-27-13-3-7-22(17-27)25(29)26-23-11-9-20(10-12-23)24-8-4-14-30-24/h2,4-6,8-12,14-15,22H,3,7,13,16-17H2,1H3,(H,26,29)/t22-/m0/s1. The molecule has 1 amide bonds. The van der Waals surface area contributed by atoms with Crippen molar-refractivity contribution in [3.05, 3.63) is 78.1 Å². The van der Waals surface area contributed by atoms with Crippen LogP contribution >= 0.6 is 0 Å². The molecule has 30 heavy (non-hydrogen) atoms. The van der Waals surface area contributed by atoms with Gasteiger partial charge in [-0.15, -0.1) is 0 Å². The maximum absolute atomic E-state index is 12.8. The number of piperidine rings is 1. The van der Waals surface area contributed by atoms with Crippen LogP contribution in [0.25, 0.3) is 11.3 Å². The highest BCUT2D eigenvalue weighted by atomic mass is 16.3. The third-order valence-electron chi connectivity index (χ3n) is 5.57. The van der Waals surface area contributed by atoms with Crippen molar-refractivity contribution in [2.24, 2.45) is 5.92 Å². The predicted octanol–water partition coefficient (Wildman–Crippen LogP) is 5.00. The summed E-state index contributed by atoms with van der Waals surface area (Å²) in [7, 11) is 0. The van der Waals surface area contributed by atoms with Crippen LogP contribution in [0.5, 0.6) is 0 Å². The van der Waals surface area contributed by atoms with Crippen molar-refractivity contribution in [3.63, 3.8) is 0 Å². The Labute approximate surface area is 176 Å². The van der Waals surface area contributed by atoms with Crippen LogP contribution < -0.4 is 5.32 Å². The highest BCUT2D eigenvalue weighted by Gasteiger charge is 2.26. The largest absolute Gasteiger partial charge is 0.464 e. The van der Waals surface area contributed by atoms with Gasteiger partial charge in [-0.05, 0) is 74.3 Å². The van der Waals surface area contributed by atoms with E-state index in [1.807, 2.05) is 60.7 Å². The lowest BCUT2D eigenvalue weighted by molar-refractivity contribution is -0.121. The second-order valence-electron chi connectivity index (χ2n) is 7.87. The lowest BCUT2D eigenvalue weighted by Gasteiger charge is -2.32. The lowest BCUT2D eigenvalue weighted by Crippen LogP contribution is -2.40. The van der Waals surface area contributed by atoms with Crippen molar-refractivity contribution in [2.75, 3.05) is 18.4 Å². The van der Waals surface area contributed by atoms with Crippen LogP contribution in [0.15, 0.2) is 71.3 Å². The number of rotatable bonds is 6. The van der Waals surface area contributed by atoms with Crippen LogP contribution in [0, 0.1) is 5.92 Å². The summed E-state index contributed by atoms with van der Waals surface area (Å²) in [5.41, 5.74) is 3.62. The van der Waals surface area contributed by atoms with Crippen molar-refractivity contribution >= 4 is 17.4 Å². The van der Waals surface area contributed by atoms with E-state index < -0.39 is 0 Å². The molecule has 2 aromatic carbocycles. The quantitative estimate of drug-likeness (QED) is 0.590. The van der Waals surface area contributed by atoms with Gasteiger partial charge >= 0.3 is 0 Å². The second-order valence-corrected chi connectivity index (χ2v) is 7.87. The Bertz CT molecular complexity index is 1010. The van der Waals surface area contributed by atoms with Crippen molar-refractivity contribution in [2.45, 2.75) is 26.3 Å². The zero-order chi connectivity index (χ0) is 20.9. The minimum Gasteiger partial charge on any atom is -0.464 e. The van der Waals surface area contributed by atoms with Gasteiger partial charge < -0.3 is 9.73 Å². The zero-order valence-electron chi connectivity index (χ0n) is 17.1. The second kappa shape index (κ2) is 9.09. The summed E-state index contributed by atoms with van der Waals surface area (Å²) in [5.74, 6) is 0.901. The van der Waals surface area contributed by atoms with Gasteiger partial charge in [-0.3, -0.25) is 14.5 Å². The smallest absolute Gasteiger partial charge is 0.228 e. The SMILES string of the molecule is CC(=O)c1cccc(CN2CCC[C@H](C(=O)Nc3ccc(-c4ccco4)cc3)C2)c1. The minimum absolute atomic E-state index is 0.0421. The highest BCUT2D eigenvalue weighted by molar-refractivity contribution is 5.94. The molecule has 0 unspecified atom stereocenters. The van der Waals surface area contributed by atoms with Crippen LogP contribution in [0.2, 0.25) is 0 Å². The molecule has 0 radical (unpaired) electrons. The monoisotopic (exact) mass is 402 g/mol. The summed E-state index contributed by atoms with van der Waals surface area (Å²) in [6.45, 7) is 4.02. The van der Waals surface area contributed by atoms with Crippen molar-refractivity contribution in [1.29, 1.82) is 0 Å². The van der Waals surface area contributed by atoms with Crippen LogP contribution in [0.3, 0.4) is 0 Å². The summed E-state index contributed by atoms with van der Waals surface area (Å²) < 4.78 is 5.41. The first-order valence-corrected chi connectivity index (χ1v) is 10.4. The Morgan fingerprint density at radius 1 is 1.10 bits per heavy atom. The fourth-order valence-corrected chi connectivity index (χ4v) is 3.96. The van der Waals surface area contributed by atoms with E-state index >= 15 is 0 Å². The topological polar surface area (TPSA) is 62.6 Å². The Balaban J connectivity index is 1.35. The molecule has 1 aromatic heterocycles. The summed E-state index contributed by atoms with van der Waals surface area (Å²) in [6, 6.07) is 19.2. The number of anilines is 1. The molecule has 1 aliphatic heterocycles. The van der Waals surface area contributed by atoms with Crippen LogP contribution in [-0.4, -0.2) is 29.7 Å². The van der Waals surface area contributed by atoms with E-state index in [-0.39, 0.29) is 17.6 Å². The number of carbonyl (C=O) groups excluding carboxylic acids is 2. The number of likely N-dealkylation sites (tertiary alicyclic amines) is 1. The number of benzene rings is 2. The zero-order valence-corrected chi connectivity index (χ0v) is 17.1. The van der Waals surface area contributed by atoms with Gasteiger partial charge in [0.05, 0.1) is 12.2 Å². The van der Waals surface area contributed by atoms with Gasteiger partial charge in [-0.2, -0.15) is 0 Å². The molecule has 1 fully saturated rings. The van der Waals surface area contributed by atoms with E-state index in [4.69, 9.17) is 4.42 Å². The molecule has 3 aromatic rings. The Kier molecular flexibility index (Phi) is 6.10. The lowest BCUT2D eigenvalue weighted by atomic mass is 9.96. The van der Waals surface area contributed by atoms with Gasteiger partial charge in [0.25, 0.3) is 0 Å². The number of hydrogen-bond acceptors (Lipinski definition) is 4. The van der Waals surface area contributed by atoms with Gasteiger partial charge in [0, 0.05) is 29.9 Å². The number of carbonyl (C=O) groups is 2. The van der Waals surface area contributed by atoms with Crippen LogP contribution in [0.1, 0.15) is 35.7 Å². The van der Waals surface area contributed by atoms with E-state index in [1.165, 1.54) is 0 Å². The fraction of sp³-hybridized carbons (Fsp3) is 0.280. The molecule has 1 N–H and O–H groups in total. The number of hydrogen-bond donors (Lipinski definition) is 1. The van der Waals surface area contributed by atoms with Crippen LogP contribution in [0.4, 0.5) is 5.69 Å². The van der Waals surface area contributed by atoms with E-state index in [9.17, 15) is 9.59 Å². The predicted molar refractivity (Wildman–Crippen MR) is 117 cm³/mol. The van der Waals surface area contributed by atoms with Crippen molar-refractivity contribution in [1.82, 2.24) is 4.90 Å². The average molecular weight is 402 g/mol. The summed E-state index contributed by atoms with van der Waals surface area (Å²) >= 11 is 0. The van der Waals surface area contributed by atoms with Gasteiger partial charge in [0.15, 0.2) is 5.78 Å². The molecular weight excluding hydrogens is 376 g/mol. The van der Waals surface area contributed by atoms with Gasteiger partial charge in [0.1, 0.15) is 5.76 Å². The maximum atomic E-state index is 12.8. The molecule has 5 nitrogen and oxygen atoms in total. The van der Waals surface area contributed by atoms with Gasteiger partial charge in [0.2, 0.25) is 5.91 Å². The Morgan fingerprint density at radius 3 is 2.67 bits per heavy atom. The van der Waals surface area contributed by atoms with Crippen LogP contribution in [-0.2, 0) is 11.3 Å². The van der Waals surface area contributed by atoms with Gasteiger partial charge in [-0.25, -0.2) is 0 Å².